The standard InChI is InChI=1S/C26H33ClN6O2S.ClH/c1-16-17(2)36-26(30-16)19-5-9-21(10-6-19)32-13-23(14-33-24(25(28)34)12-29-31-33)35-15-22(32)11-18-3-7-20(27)8-4-18;/h3-4,7-8,12,19,21-23H,5-6,9-11,13-15H2,1-2H3,(H2,28,34);1H/t19?,21?,22-,23-;/m0./s1. The number of aromatic nitrogens is 4. The molecule has 1 aliphatic carbocycles. The van der Waals surface area contributed by atoms with Gasteiger partial charge in [0, 0.05) is 34.4 Å². The third-order valence-electron chi connectivity index (χ3n) is 7.60. The Bertz CT molecular complexity index is 1170. The Morgan fingerprint density at radius 2 is 1.92 bits per heavy atom. The van der Waals surface area contributed by atoms with Crippen molar-refractivity contribution in [2.75, 3.05) is 13.2 Å². The molecule has 1 saturated carbocycles. The van der Waals surface area contributed by atoms with Gasteiger partial charge >= 0.3 is 0 Å². The number of rotatable bonds is 7. The summed E-state index contributed by atoms with van der Waals surface area (Å²) < 4.78 is 7.87. The lowest BCUT2D eigenvalue weighted by Crippen LogP contribution is -2.56. The van der Waals surface area contributed by atoms with E-state index in [0.717, 1.165) is 43.7 Å². The number of morpholine rings is 1. The van der Waals surface area contributed by atoms with Crippen LogP contribution in [0.3, 0.4) is 0 Å². The number of thiazole rings is 1. The summed E-state index contributed by atoms with van der Waals surface area (Å²) in [5, 5.41) is 9.98. The largest absolute Gasteiger partial charge is 0.373 e. The summed E-state index contributed by atoms with van der Waals surface area (Å²) in [6, 6.07) is 8.87. The molecule has 1 aliphatic heterocycles. The molecule has 11 heteroatoms. The van der Waals surface area contributed by atoms with E-state index < -0.39 is 5.91 Å². The number of primary amides is 1. The van der Waals surface area contributed by atoms with E-state index in [-0.39, 0.29) is 24.6 Å². The van der Waals surface area contributed by atoms with Crippen LogP contribution in [0.25, 0.3) is 0 Å². The summed E-state index contributed by atoms with van der Waals surface area (Å²) in [4.78, 5) is 20.6. The van der Waals surface area contributed by atoms with Gasteiger partial charge in [-0.25, -0.2) is 9.67 Å². The molecule has 0 bridgehead atoms. The average molecular weight is 566 g/mol. The van der Waals surface area contributed by atoms with E-state index in [1.165, 1.54) is 27.3 Å². The number of carbonyl (C=O) groups is 1. The fraction of sp³-hybridized carbons (Fsp3) is 0.538. The molecule has 3 aromatic rings. The third kappa shape index (κ3) is 6.52. The number of hydrogen-bond acceptors (Lipinski definition) is 7. The molecular weight excluding hydrogens is 531 g/mol. The Balaban J connectivity index is 0.00000320. The zero-order valence-electron chi connectivity index (χ0n) is 21.2. The van der Waals surface area contributed by atoms with Gasteiger partial charge in [-0.1, -0.05) is 28.9 Å². The SMILES string of the molecule is Cc1nc(C2CCC(N3C[C@@H](Cn4nncc4C(N)=O)OC[C@@H]3Cc3ccc(Cl)cc3)CC2)sc1C.Cl. The molecule has 5 rings (SSSR count). The first-order chi connectivity index (χ1) is 17.4. The van der Waals surface area contributed by atoms with Crippen LogP contribution >= 0.6 is 35.3 Å². The summed E-state index contributed by atoms with van der Waals surface area (Å²) in [5.41, 5.74) is 8.22. The van der Waals surface area contributed by atoms with Gasteiger partial charge in [-0.05, 0) is 63.6 Å². The molecule has 2 aromatic heterocycles. The molecule has 1 amide bonds. The normalized spacial score (nSPS) is 24.5. The highest BCUT2D eigenvalue weighted by atomic mass is 35.5. The smallest absolute Gasteiger partial charge is 0.268 e. The Kier molecular flexibility index (Phi) is 9.24. The zero-order valence-corrected chi connectivity index (χ0v) is 23.6. The minimum absolute atomic E-state index is 0. The lowest BCUT2D eigenvalue weighted by Gasteiger charge is -2.46. The highest BCUT2D eigenvalue weighted by molar-refractivity contribution is 7.11. The first-order valence-electron chi connectivity index (χ1n) is 12.6. The van der Waals surface area contributed by atoms with Gasteiger partial charge in [0.15, 0.2) is 0 Å². The van der Waals surface area contributed by atoms with Crippen LogP contribution in [0.15, 0.2) is 30.5 Å². The molecule has 2 atom stereocenters. The van der Waals surface area contributed by atoms with Crippen LogP contribution < -0.4 is 5.73 Å². The Morgan fingerprint density at radius 3 is 2.57 bits per heavy atom. The molecule has 0 unspecified atom stereocenters. The van der Waals surface area contributed by atoms with E-state index in [0.29, 0.717) is 30.8 Å². The summed E-state index contributed by atoms with van der Waals surface area (Å²) in [7, 11) is 0. The van der Waals surface area contributed by atoms with Crippen molar-refractivity contribution in [1.82, 2.24) is 24.9 Å². The highest BCUT2D eigenvalue weighted by Gasteiger charge is 2.37. The van der Waals surface area contributed by atoms with Crippen LogP contribution in [0.4, 0.5) is 0 Å². The van der Waals surface area contributed by atoms with Crippen LogP contribution in [0.5, 0.6) is 0 Å². The minimum atomic E-state index is -0.528. The maximum absolute atomic E-state index is 11.7. The van der Waals surface area contributed by atoms with Gasteiger partial charge in [0.1, 0.15) is 5.69 Å². The van der Waals surface area contributed by atoms with Gasteiger partial charge in [0.25, 0.3) is 5.91 Å². The Hall–Kier alpha value is -2.04. The van der Waals surface area contributed by atoms with Gasteiger partial charge in [-0.3, -0.25) is 9.69 Å². The van der Waals surface area contributed by atoms with Crippen molar-refractivity contribution in [3.63, 3.8) is 0 Å². The Labute approximate surface area is 232 Å². The van der Waals surface area contributed by atoms with Crippen LogP contribution in [-0.2, 0) is 17.7 Å². The molecule has 8 nitrogen and oxygen atoms in total. The topological polar surface area (TPSA) is 99.2 Å². The first kappa shape index (κ1) is 28.0. The number of aryl methyl sites for hydroxylation is 2. The maximum Gasteiger partial charge on any atom is 0.268 e. The highest BCUT2D eigenvalue weighted by Crippen LogP contribution is 2.38. The van der Waals surface area contributed by atoms with Crippen molar-refractivity contribution in [3.8, 4) is 0 Å². The van der Waals surface area contributed by atoms with Gasteiger partial charge in [-0.15, -0.1) is 28.8 Å². The number of hydrogen-bond donors (Lipinski definition) is 1. The van der Waals surface area contributed by atoms with E-state index in [2.05, 4.69) is 41.2 Å². The van der Waals surface area contributed by atoms with Crippen LogP contribution in [0.1, 0.15) is 63.2 Å². The van der Waals surface area contributed by atoms with Crippen molar-refractivity contribution in [1.29, 1.82) is 0 Å². The fourth-order valence-corrected chi connectivity index (χ4v) is 6.73. The zero-order chi connectivity index (χ0) is 25.2. The fourth-order valence-electron chi connectivity index (χ4n) is 5.51. The molecule has 2 aliphatic rings. The molecule has 1 aromatic carbocycles. The van der Waals surface area contributed by atoms with Crippen molar-refractivity contribution in [2.45, 2.75) is 76.6 Å². The molecule has 37 heavy (non-hydrogen) atoms. The predicted molar refractivity (Wildman–Crippen MR) is 148 cm³/mol. The number of nitrogens with zero attached hydrogens (tertiary/aromatic N) is 5. The van der Waals surface area contributed by atoms with Gasteiger partial charge in [0.2, 0.25) is 0 Å². The monoisotopic (exact) mass is 564 g/mol. The van der Waals surface area contributed by atoms with Crippen molar-refractivity contribution in [3.05, 3.63) is 62.3 Å². The van der Waals surface area contributed by atoms with Crippen LogP contribution in [0, 0.1) is 13.8 Å². The predicted octanol–water partition coefficient (Wildman–Crippen LogP) is 4.56. The second-order valence-corrected chi connectivity index (χ2v) is 11.7. The quantitative estimate of drug-likeness (QED) is 0.451. The van der Waals surface area contributed by atoms with Gasteiger partial charge in [-0.2, -0.15) is 0 Å². The molecule has 3 heterocycles. The first-order valence-corrected chi connectivity index (χ1v) is 13.8. The lowest BCUT2D eigenvalue weighted by molar-refractivity contribution is -0.0906. The Morgan fingerprint density at radius 1 is 1.19 bits per heavy atom. The number of nitrogens with two attached hydrogens (primary N) is 1. The molecule has 0 radical (unpaired) electrons. The minimum Gasteiger partial charge on any atom is -0.373 e. The third-order valence-corrected chi connectivity index (χ3v) is 9.09. The van der Waals surface area contributed by atoms with Crippen LogP contribution in [-0.4, -0.2) is 62.1 Å². The number of benzene rings is 1. The van der Waals surface area contributed by atoms with Gasteiger partial charge in [0.05, 0.1) is 36.2 Å². The molecule has 1 saturated heterocycles. The number of amides is 1. The number of ether oxygens (including phenoxy) is 1. The summed E-state index contributed by atoms with van der Waals surface area (Å²) in [5.74, 6) is 0.0257. The van der Waals surface area contributed by atoms with Gasteiger partial charge < -0.3 is 10.5 Å². The van der Waals surface area contributed by atoms with E-state index in [1.54, 1.807) is 4.68 Å². The molecule has 0 spiro atoms. The van der Waals surface area contributed by atoms with E-state index in [1.807, 2.05) is 23.5 Å². The maximum atomic E-state index is 11.7. The molecular formula is C26H34Cl2N6O2S. The van der Waals surface area contributed by atoms with E-state index >= 15 is 0 Å². The second-order valence-electron chi connectivity index (χ2n) is 10.0. The van der Waals surface area contributed by atoms with Crippen LogP contribution in [0.2, 0.25) is 5.02 Å². The molecule has 2 N–H and O–H groups in total. The molecule has 200 valence electrons. The summed E-state index contributed by atoms with van der Waals surface area (Å²) in [6.07, 6.45) is 6.82. The molecule has 2 fully saturated rings. The van der Waals surface area contributed by atoms with E-state index in [9.17, 15) is 4.79 Å². The number of halogens is 2. The summed E-state index contributed by atoms with van der Waals surface area (Å²) >= 11 is 7.97. The van der Waals surface area contributed by atoms with Crippen molar-refractivity contribution >= 4 is 41.3 Å². The van der Waals surface area contributed by atoms with Crippen molar-refractivity contribution in [2.24, 2.45) is 5.73 Å². The van der Waals surface area contributed by atoms with E-state index in [4.69, 9.17) is 27.1 Å². The second kappa shape index (κ2) is 12.2. The van der Waals surface area contributed by atoms with Crippen molar-refractivity contribution < 1.29 is 9.53 Å². The average Bonchev–Trinajstić information content (AvgIpc) is 3.47. The number of carbonyl (C=O) groups excluding carboxylic acids is 1. The summed E-state index contributed by atoms with van der Waals surface area (Å²) in [6.45, 7) is 6.13. The lowest BCUT2D eigenvalue weighted by atomic mass is 9.84.